The second kappa shape index (κ2) is 8.44. The lowest BCUT2D eigenvalue weighted by Crippen LogP contribution is -2.44. The summed E-state index contributed by atoms with van der Waals surface area (Å²) in [5.41, 5.74) is 5.72. The van der Waals surface area contributed by atoms with Gasteiger partial charge in [0.2, 0.25) is 5.91 Å². The largest absolute Gasteiger partial charge is 0.385 e. The molecule has 1 saturated heterocycles. The van der Waals surface area contributed by atoms with Crippen LogP contribution < -0.4 is 11.1 Å². The summed E-state index contributed by atoms with van der Waals surface area (Å²) in [5, 5.41) is 2.88. The van der Waals surface area contributed by atoms with Gasteiger partial charge in [-0.05, 0) is 32.4 Å². The van der Waals surface area contributed by atoms with Gasteiger partial charge in [0.25, 0.3) is 0 Å². The third kappa shape index (κ3) is 6.00. The van der Waals surface area contributed by atoms with Crippen molar-refractivity contribution < 1.29 is 9.53 Å². The van der Waals surface area contributed by atoms with Gasteiger partial charge in [0.05, 0.1) is 6.04 Å². The number of piperidine rings is 1. The molecule has 1 atom stereocenters. The minimum Gasteiger partial charge on any atom is -0.385 e. The van der Waals surface area contributed by atoms with Crippen molar-refractivity contribution in [3.63, 3.8) is 0 Å². The van der Waals surface area contributed by atoms with Gasteiger partial charge in [-0.1, -0.05) is 6.42 Å². The molecule has 0 radical (unpaired) electrons. The van der Waals surface area contributed by atoms with E-state index < -0.39 is 6.04 Å². The highest BCUT2D eigenvalue weighted by atomic mass is 16.5. The molecule has 5 nitrogen and oxygen atoms in total. The number of nitrogens with two attached hydrogens (primary N) is 1. The predicted octanol–water partition coefficient (Wildman–Crippen LogP) is -0.0477. The summed E-state index contributed by atoms with van der Waals surface area (Å²) in [6, 6.07) is -0.448. The molecule has 0 aromatic rings. The number of methoxy groups -OCH3 is 1. The fourth-order valence-corrected chi connectivity index (χ4v) is 2.03. The summed E-state index contributed by atoms with van der Waals surface area (Å²) in [4.78, 5) is 14.0. The van der Waals surface area contributed by atoms with Crippen molar-refractivity contribution in [3.05, 3.63) is 0 Å². The number of likely N-dealkylation sites (tertiary alicyclic amines) is 1. The molecule has 0 aromatic heterocycles. The molecule has 1 amide bonds. The van der Waals surface area contributed by atoms with Crippen LogP contribution in [-0.4, -0.2) is 56.7 Å². The number of hydrogen-bond donors (Lipinski definition) is 2. The molecule has 0 aliphatic carbocycles. The van der Waals surface area contributed by atoms with Gasteiger partial charge in [0, 0.05) is 26.8 Å². The van der Waals surface area contributed by atoms with Gasteiger partial charge in [0.1, 0.15) is 0 Å². The van der Waals surface area contributed by atoms with Gasteiger partial charge < -0.3 is 20.7 Å². The van der Waals surface area contributed by atoms with Crippen molar-refractivity contribution in [2.24, 2.45) is 5.73 Å². The molecule has 1 unspecified atom stereocenters. The molecule has 100 valence electrons. The maximum atomic E-state index is 11.6. The Morgan fingerprint density at radius 2 is 2.12 bits per heavy atom. The number of hydrogen-bond acceptors (Lipinski definition) is 4. The first-order valence-electron chi connectivity index (χ1n) is 6.48. The van der Waals surface area contributed by atoms with Crippen LogP contribution in [0, 0.1) is 0 Å². The third-order valence-corrected chi connectivity index (χ3v) is 3.15. The van der Waals surface area contributed by atoms with Crippen molar-refractivity contribution >= 4 is 5.91 Å². The Bertz CT molecular complexity index is 218. The number of nitrogens with one attached hydrogen (secondary N) is 1. The van der Waals surface area contributed by atoms with E-state index in [4.69, 9.17) is 10.5 Å². The van der Waals surface area contributed by atoms with Gasteiger partial charge in [-0.2, -0.15) is 0 Å². The Labute approximate surface area is 104 Å². The zero-order valence-electron chi connectivity index (χ0n) is 10.8. The number of amides is 1. The lowest BCUT2D eigenvalue weighted by Gasteiger charge is -2.26. The van der Waals surface area contributed by atoms with E-state index in [1.165, 1.54) is 19.3 Å². The van der Waals surface area contributed by atoms with Crippen molar-refractivity contribution in [2.45, 2.75) is 31.7 Å². The average Bonchev–Trinajstić information content (AvgIpc) is 2.37. The smallest absolute Gasteiger partial charge is 0.237 e. The first-order valence-corrected chi connectivity index (χ1v) is 6.48. The molecule has 0 bridgehead atoms. The molecule has 1 aliphatic heterocycles. The van der Waals surface area contributed by atoms with Gasteiger partial charge >= 0.3 is 0 Å². The van der Waals surface area contributed by atoms with E-state index in [2.05, 4.69) is 10.2 Å². The topological polar surface area (TPSA) is 67.6 Å². The molecule has 1 heterocycles. The molecule has 1 aliphatic rings. The first-order chi connectivity index (χ1) is 8.24. The van der Waals surface area contributed by atoms with E-state index in [9.17, 15) is 4.79 Å². The maximum absolute atomic E-state index is 11.6. The van der Waals surface area contributed by atoms with Crippen LogP contribution in [0.25, 0.3) is 0 Å². The van der Waals surface area contributed by atoms with Crippen molar-refractivity contribution in [1.82, 2.24) is 10.2 Å². The van der Waals surface area contributed by atoms with E-state index >= 15 is 0 Å². The van der Waals surface area contributed by atoms with Crippen molar-refractivity contribution in [1.29, 1.82) is 0 Å². The molecule has 17 heavy (non-hydrogen) atoms. The lowest BCUT2D eigenvalue weighted by molar-refractivity contribution is -0.122. The Hall–Kier alpha value is -0.650. The van der Waals surface area contributed by atoms with Crippen LogP contribution in [0.15, 0.2) is 0 Å². The molecule has 0 aromatic carbocycles. The van der Waals surface area contributed by atoms with Crippen LogP contribution in [0.3, 0.4) is 0 Å². The molecular formula is C12H25N3O2. The van der Waals surface area contributed by atoms with Gasteiger partial charge in [-0.25, -0.2) is 0 Å². The SMILES string of the molecule is COCCC(N)C(=O)NCCN1CCCCC1. The standard InChI is InChI=1S/C12H25N3O2/c1-17-10-5-11(13)12(16)14-6-9-15-7-3-2-4-8-15/h11H,2-10,13H2,1H3,(H,14,16). The average molecular weight is 243 g/mol. The zero-order chi connectivity index (χ0) is 12.5. The minimum atomic E-state index is -0.448. The first kappa shape index (κ1) is 14.4. The van der Waals surface area contributed by atoms with E-state index in [1.54, 1.807) is 7.11 Å². The monoisotopic (exact) mass is 243 g/mol. The number of rotatable bonds is 7. The fourth-order valence-electron chi connectivity index (χ4n) is 2.03. The Balaban J connectivity index is 2.06. The summed E-state index contributed by atoms with van der Waals surface area (Å²) in [5.74, 6) is -0.0703. The van der Waals surface area contributed by atoms with Crippen molar-refractivity contribution in [3.8, 4) is 0 Å². The van der Waals surface area contributed by atoms with Crippen LogP contribution >= 0.6 is 0 Å². The molecule has 3 N–H and O–H groups in total. The van der Waals surface area contributed by atoms with E-state index in [-0.39, 0.29) is 5.91 Å². The number of ether oxygens (including phenoxy) is 1. The van der Waals surface area contributed by atoms with Gasteiger partial charge in [-0.3, -0.25) is 4.79 Å². The molecule has 5 heteroatoms. The van der Waals surface area contributed by atoms with Crippen LogP contribution in [0.2, 0.25) is 0 Å². The normalized spacial score (nSPS) is 18.9. The highest BCUT2D eigenvalue weighted by Gasteiger charge is 2.13. The Morgan fingerprint density at radius 3 is 2.76 bits per heavy atom. The molecule has 0 spiro atoms. The summed E-state index contributed by atoms with van der Waals surface area (Å²) < 4.78 is 4.89. The van der Waals surface area contributed by atoms with E-state index in [0.29, 0.717) is 19.6 Å². The van der Waals surface area contributed by atoms with Crippen LogP contribution in [0.4, 0.5) is 0 Å². The van der Waals surface area contributed by atoms with E-state index in [1.807, 2.05) is 0 Å². The fraction of sp³-hybridized carbons (Fsp3) is 0.917. The second-order valence-corrected chi connectivity index (χ2v) is 4.58. The summed E-state index contributed by atoms with van der Waals surface area (Å²) in [7, 11) is 1.61. The molecule has 1 rings (SSSR count). The second-order valence-electron chi connectivity index (χ2n) is 4.58. The maximum Gasteiger partial charge on any atom is 0.237 e. The Kier molecular flexibility index (Phi) is 7.16. The molecule has 0 saturated carbocycles. The van der Waals surface area contributed by atoms with Crippen molar-refractivity contribution in [2.75, 3.05) is 39.9 Å². The van der Waals surface area contributed by atoms with Gasteiger partial charge in [0.15, 0.2) is 0 Å². The highest BCUT2D eigenvalue weighted by Crippen LogP contribution is 2.07. The van der Waals surface area contributed by atoms with Crippen LogP contribution in [0.1, 0.15) is 25.7 Å². The highest BCUT2D eigenvalue weighted by molar-refractivity contribution is 5.81. The summed E-state index contributed by atoms with van der Waals surface area (Å²) in [6.45, 7) is 4.47. The lowest BCUT2D eigenvalue weighted by atomic mass is 10.1. The third-order valence-electron chi connectivity index (χ3n) is 3.15. The predicted molar refractivity (Wildman–Crippen MR) is 67.8 cm³/mol. The molecular weight excluding hydrogens is 218 g/mol. The quantitative estimate of drug-likeness (QED) is 0.658. The molecule has 1 fully saturated rings. The number of carbonyl (C=O) groups is 1. The number of nitrogens with zero attached hydrogens (tertiary/aromatic N) is 1. The van der Waals surface area contributed by atoms with Crippen LogP contribution in [0.5, 0.6) is 0 Å². The van der Waals surface area contributed by atoms with Crippen LogP contribution in [-0.2, 0) is 9.53 Å². The minimum absolute atomic E-state index is 0.0703. The van der Waals surface area contributed by atoms with Gasteiger partial charge in [-0.15, -0.1) is 0 Å². The Morgan fingerprint density at radius 1 is 1.41 bits per heavy atom. The van der Waals surface area contributed by atoms with E-state index in [0.717, 1.165) is 19.6 Å². The zero-order valence-corrected chi connectivity index (χ0v) is 10.8. The summed E-state index contributed by atoms with van der Waals surface area (Å²) in [6.07, 6.45) is 4.47. The number of carbonyl (C=O) groups excluding carboxylic acids is 1. The summed E-state index contributed by atoms with van der Waals surface area (Å²) >= 11 is 0.